The van der Waals surface area contributed by atoms with Crippen molar-refractivity contribution >= 4 is 44.8 Å². The first-order valence-electron chi connectivity index (χ1n) is 5.51. The van der Waals surface area contributed by atoms with Gasteiger partial charge in [-0.25, -0.2) is 13.4 Å². The Balaban J connectivity index is 2.68. The molecule has 0 aliphatic carbocycles. The number of carbonyl (C=O) groups is 1. The second-order valence-corrected chi connectivity index (χ2v) is 7.40. The molecule has 1 rings (SSSR count). The molecule has 5 nitrogen and oxygen atoms in total. The topological polar surface area (TPSA) is 76.1 Å². The van der Waals surface area contributed by atoms with Gasteiger partial charge in [0.25, 0.3) is 0 Å². The summed E-state index contributed by atoms with van der Waals surface area (Å²) in [5, 5.41) is 2.86. The molecule has 0 spiro atoms. The fraction of sp³-hybridized carbons (Fsp3) is 0.455. The van der Waals surface area contributed by atoms with E-state index >= 15 is 0 Å². The molecule has 0 unspecified atom stereocenters. The van der Waals surface area contributed by atoms with Crippen molar-refractivity contribution in [3.8, 4) is 0 Å². The summed E-state index contributed by atoms with van der Waals surface area (Å²) in [6.45, 7) is 3.55. The molecule has 1 heterocycles. The van der Waals surface area contributed by atoms with Gasteiger partial charge in [-0.1, -0.05) is 37.0 Å². The lowest BCUT2D eigenvalue weighted by atomic mass is 10.3. The third kappa shape index (κ3) is 5.76. The smallest absolute Gasteiger partial charge is 0.240 e. The second kappa shape index (κ2) is 6.54. The minimum Gasteiger partial charge on any atom is -0.310 e. The molecule has 0 radical (unpaired) electrons. The quantitative estimate of drug-likeness (QED) is 0.902. The molecule has 0 bridgehead atoms. The van der Waals surface area contributed by atoms with Crippen LogP contribution in [0.25, 0.3) is 0 Å². The van der Waals surface area contributed by atoms with Crippen molar-refractivity contribution in [3.05, 3.63) is 22.3 Å². The summed E-state index contributed by atoms with van der Waals surface area (Å²) in [6, 6.07) is 1.36. The number of halogens is 2. The Morgan fingerprint density at radius 3 is 2.53 bits per heavy atom. The number of pyridine rings is 1. The number of hydrogen-bond acceptors (Lipinski definition) is 4. The number of sulfone groups is 1. The van der Waals surface area contributed by atoms with Crippen molar-refractivity contribution in [1.29, 1.82) is 0 Å². The Hall–Kier alpha value is -0.850. The molecule has 1 aromatic heterocycles. The summed E-state index contributed by atoms with van der Waals surface area (Å²) in [5.41, 5.74) is 0. The third-order valence-corrected chi connectivity index (χ3v) is 4.60. The van der Waals surface area contributed by atoms with E-state index in [1.807, 2.05) is 0 Å². The lowest BCUT2D eigenvalue weighted by Crippen LogP contribution is -2.26. The highest BCUT2D eigenvalue weighted by molar-refractivity contribution is 7.92. The fourth-order valence-electron chi connectivity index (χ4n) is 1.43. The molecule has 0 atom stereocenters. The van der Waals surface area contributed by atoms with Gasteiger partial charge in [0, 0.05) is 12.3 Å². The van der Waals surface area contributed by atoms with Gasteiger partial charge in [-0.05, 0) is 5.92 Å². The molecule has 0 aliphatic heterocycles. The number of nitrogens with one attached hydrogen (secondary N) is 1. The Bertz CT molecular complexity index is 573. The number of carbonyl (C=O) groups excluding carboxylic acids is 1. The third-order valence-electron chi connectivity index (χ3n) is 2.01. The summed E-state index contributed by atoms with van der Waals surface area (Å²) >= 11 is 11.4. The van der Waals surface area contributed by atoms with E-state index < -0.39 is 21.5 Å². The molecular formula is C11H14Cl2N2O3S. The molecule has 1 amide bonds. The lowest BCUT2D eigenvalue weighted by Gasteiger charge is -2.08. The highest BCUT2D eigenvalue weighted by atomic mass is 35.5. The van der Waals surface area contributed by atoms with Crippen LogP contribution in [0, 0.1) is 5.92 Å². The predicted octanol–water partition coefficient (Wildman–Crippen LogP) is 2.40. The maximum Gasteiger partial charge on any atom is 0.240 e. The maximum absolute atomic E-state index is 11.6. The highest BCUT2D eigenvalue weighted by Gasteiger charge is 2.18. The summed E-state index contributed by atoms with van der Waals surface area (Å²) in [6.07, 6.45) is 1.28. The van der Waals surface area contributed by atoms with Crippen LogP contribution in [-0.4, -0.2) is 30.8 Å². The molecule has 0 fully saturated rings. The zero-order valence-corrected chi connectivity index (χ0v) is 12.8. The normalized spacial score (nSPS) is 11.6. The zero-order chi connectivity index (χ0) is 14.6. The Morgan fingerprint density at radius 1 is 1.37 bits per heavy atom. The van der Waals surface area contributed by atoms with Gasteiger partial charge >= 0.3 is 0 Å². The van der Waals surface area contributed by atoms with E-state index in [1.54, 1.807) is 13.8 Å². The molecule has 0 saturated carbocycles. The van der Waals surface area contributed by atoms with Gasteiger partial charge in [0.1, 0.15) is 11.6 Å². The number of aromatic nitrogens is 1. The minimum atomic E-state index is -3.42. The molecule has 0 saturated heterocycles. The summed E-state index contributed by atoms with van der Waals surface area (Å²) in [4.78, 5) is 15.4. The van der Waals surface area contributed by atoms with E-state index in [0.29, 0.717) is 0 Å². The van der Waals surface area contributed by atoms with Crippen LogP contribution in [-0.2, 0) is 14.6 Å². The zero-order valence-electron chi connectivity index (χ0n) is 10.5. The first kappa shape index (κ1) is 16.2. The fourth-order valence-corrected chi connectivity index (χ4v) is 3.29. The predicted molar refractivity (Wildman–Crippen MR) is 76.4 cm³/mol. The molecule has 1 N–H and O–H groups in total. The van der Waals surface area contributed by atoms with Gasteiger partial charge in [-0.15, -0.1) is 0 Å². The number of anilines is 1. The Labute approximate surface area is 122 Å². The molecule has 106 valence electrons. The first-order chi connectivity index (χ1) is 8.69. The van der Waals surface area contributed by atoms with Crippen LogP contribution in [0.2, 0.25) is 10.0 Å². The number of hydrogen-bond donors (Lipinski definition) is 1. The van der Waals surface area contributed by atoms with Crippen LogP contribution < -0.4 is 5.32 Å². The largest absolute Gasteiger partial charge is 0.310 e. The lowest BCUT2D eigenvalue weighted by molar-refractivity contribution is -0.113. The molecule has 8 heteroatoms. The van der Waals surface area contributed by atoms with E-state index in [9.17, 15) is 13.2 Å². The Kier molecular flexibility index (Phi) is 5.58. The van der Waals surface area contributed by atoms with Gasteiger partial charge in [0.15, 0.2) is 9.84 Å². The maximum atomic E-state index is 11.6. The standard InChI is InChI=1S/C11H14Cl2N2O3S/c1-7(2)5-19(17,18)6-11(16)15-10-3-8(12)9(13)4-14-10/h3-4,7H,5-6H2,1-2H3,(H,14,15,16). The average molecular weight is 325 g/mol. The minimum absolute atomic E-state index is 0.0269. The second-order valence-electron chi connectivity index (χ2n) is 4.48. The van der Waals surface area contributed by atoms with Gasteiger partial charge in [-0.2, -0.15) is 0 Å². The molecular weight excluding hydrogens is 311 g/mol. The summed E-state index contributed by atoms with van der Waals surface area (Å²) in [5.74, 6) is -1.12. The Morgan fingerprint density at radius 2 is 2.00 bits per heavy atom. The SMILES string of the molecule is CC(C)CS(=O)(=O)CC(=O)Nc1cc(Cl)c(Cl)cn1. The van der Waals surface area contributed by atoms with Gasteiger partial charge in [-0.3, -0.25) is 4.79 Å². The van der Waals surface area contributed by atoms with Gasteiger partial charge in [0.05, 0.1) is 15.8 Å². The van der Waals surface area contributed by atoms with Gasteiger partial charge < -0.3 is 5.32 Å². The molecule has 19 heavy (non-hydrogen) atoms. The van der Waals surface area contributed by atoms with Crippen LogP contribution >= 0.6 is 23.2 Å². The van der Waals surface area contributed by atoms with E-state index in [4.69, 9.17) is 23.2 Å². The number of nitrogens with zero attached hydrogens (tertiary/aromatic N) is 1. The van der Waals surface area contributed by atoms with Crippen molar-refractivity contribution in [1.82, 2.24) is 4.98 Å². The molecule has 0 aromatic carbocycles. The summed E-state index contributed by atoms with van der Waals surface area (Å²) in [7, 11) is -3.42. The van der Waals surface area contributed by atoms with Crippen molar-refractivity contribution in [2.24, 2.45) is 5.92 Å². The first-order valence-corrected chi connectivity index (χ1v) is 8.08. The van der Waals surface area contributed by atoms with E-state index in [-0.39, 0.29) is 27.5 Å². The van der Waals surface area contributed by atoms with Crippen LogP contribution in [0.5, 0.6) is 0 Å². The van der Waals surface area contributed by atoms with E-state index in [1.165, 1.54) is 12.3 Å². The van der Waals surface area contributed by atoms with Crippen molar-refractivity contribution in [2.75, 3.05) is 16.8 Å². The van der Waals surface area contributed by atoms with Crippen molar-refractivity contribution < 1.29 is 13.2 Å². The number of rotatable bonds is 5. The van der Waals surface area contributed by atoms with Crippen molar-refractivity contribution in [3.63, 3.8) is 0 Å². The summed E-state index contributed by atoms with van der Waals surface area (Å²) < 4.78 is 23.3. The van der Waals surface area contributed by atoms with Crippen LogP contribution in [0.1, 0.15) is 13.8 Å². The van der Waals surface area contributed by atoms with Crippen LogP contribution in [0.4, 0.5) is 5.82 Å². The van der Waals surface area contributed by atoms with Crippen LogP contribution in [0.3, 0.4) is 0 Å². The van der Waals surface area contributed by atoms with Crippen molar-refractivity contribution in [2.45, 2.75) is 13.8 Å². The van der Waals surface area contributed by atoms with Crippen LogP contribution in [0.15, 0.2) is 12.3 Å². The van der Waals surface area contributed by atoms with E-state index in [0.717, 1.165) is 0 Å². The monoisotopic (exact) mass is 324 g/mol. The number of amides is 1. The average Bonchev–Trinajstić information content (AvgIpc) is 2.20. The van der Waals surface area contributed by atoms with E-state index in [2.05, 4.69) is 10.3 Å². The highest BCUT2D eigenvalue weighted by Crippen LogP contribution is 2.22. The molecule has 0 aliphatic rings. The van der Waals surface area contributed by atoms with Gasteiger partial charge in [0.2, 0.25) is 5.91 Å². The molecule has 1 aromatic rings.